The predicted octanol–water partition coefficient (Wildman–Crippen LogP) is 3.87. The van der Waals surface area contributed by atoms with Gasteiger partial charge in [-0.05, 0) is 86.7 Å². The van der Waals surface area contributed by atoms with Crippen molar-refractivity contribution in [3.05, 3.63) is 59.7 Å². The number of carbonyl (C=O) groups excluding carboxylic acids is 1. The van der Waals surface area contributed by atoms with Crippen molar-refractivity contribution in [3.63, 3.8) is 0 Å². The molecule has 0 unspecified atom stereocenters. The highest BCUT2D eigenvalue weighted by molar-refractivity contribution is 6.00. The zero-order valence-corrected chi connectivity index (χ0v) is 14.2. The Balaban J connectivity index is 1.58. The summed E-state index contributed by atoms with van der Waals surface area (Å²) in [5.74, 6) is 0.721. The summed E-state index contributed by atoms with van der Waals surface area (Å²) in [7, 11) is 0. The maximum atomic E-state index is 12.2. The lowest BCUT2D eigenvalue weighted by Gasteiger charge is -2.13. The lowest BCUT2D eigenvalue weighted by Crippen LogP contribution is -2.19. The van der Waals surface area contributed by atoms with Crippen LogP contribution in [0.1, 0.15) is 48.5 Å². The van der Waals surface area contributed by atoms with E-state index in [1.807, 2.05) is 12.1 Å². The second-order valence-corrected chi connectivity index (χ2v) is 6.23. The Bertz CT molecular complexity index is 746. The average Bonchev–Trinajstić information content (AvgIpc) is 3.13. The van der Waals surface area contributed by atoms with Crippen LogP contribution in [0.3, 0.4) is 0 Å². The lowest BCUT2D eigenvalue weighted by atomic mass is 10.1. The molecule has 2 aromatic rings. The second kappa shape index (κ2) is 7.83. The van der Waals surface area contributed by atoms with Gasteiger partial charge in [-0.15, -0.1) is 0 Å². The van der Waals surface area contributed by atoms with Crippen molar-refractivity contribution >= 4 is 11.6 Å². The molecule has 0 saturated heterocycles. The number of phenols is 1. The molecule has 0 aliphatic heterocycles. The zero-order chi connectivity index (χ0) is 17.6. The molecule has 1 aliphatic carbocycles. The van der Waals surface area contributed by atoms with Gasteiger partial charge in [-0.3, -0.25) is 4.79 Å². The van der Waals surface area contributed by atoms with Gasteiger partial charge in [0.2, 0.25) is 0 Å². The summed E-state index contributed by atoms with van der Waals surface area (Å²) >= 11 is 0. The first kappa shape index (κ1) is 17.0. The molecule has 130 valence electrons. The summed E-state index contributed by atoms with van der Waals surface area (Å²) in [6, 6.07) is 13.8. The van der Waals surface area contributed by atoms with Crippen molar-refractivity contribution in [2.75, 3.05) is 0 Å². The van der Waals surface area contributed by atoms with Crippen molar-refractivity contribution in [3.8, 4) is 11.5 Å². The first-order valence-corrected chi connectivity index (χ1v) is 8.52. The van der Waals surface area contributed by atoms with Gasteiger partial charge in [0, 0.05) is 5.56 Å². The molecule has 2 N–H and O–H groups in total. The molecular formula is C20H22N2O3. The molecule has 1 saturated carbocycles. The van der Waals surface area contributed by atoms with Crippen molar-refractivity contribution in [1.82, 2.24) is 5.43 Å². The molecule has 0 heterocycles. The van der Waals surface area contributed by atoms with Crippen LogP contribution in [0.15, 0.2) is 53.6 Å². The molecule has 3 rings (SSSR count). The van der Waals surface area contributed by atoms with E-state index in [1.165, 1.54) is 12.8 Å². The normalized spacial score (nSPS) is 15.2. The molecule has 0 spiro atoms. The van der Waals surface area contributed by atoms with E-state index in [9.17, 15) is 9.90 Å². The molecule has 2 aromatic carbocycles. The van der Waals surface area contributed by atoms with E-state index in [0.717, 1.165) is 24.2 Å². The fourth-order valence-corrected chi connectivity index (χ4v) is 2.85. The predicted molar refractivity (Wildman–Crippen MR) is 97.1 cm³/mol. The summed E-state index contributed by atoms with van der Waals surface area (Å²) in [6.07, 6.45) is 4.96. The molecule has 0 aromatic heterocycles. The van der Waals surface area contributed by atoms with Crippen LogP contribution < -0.4 is 10.2 Å². The Kier molecular flexibility index (Phi) is 5.33. The van der Waals surface area contributed by atoms with E-state index in [-0.39, 0.29) is 11.7 Å². The van der Waals surface area contributed by atoms with Crippen molar-refractivity contribution < 1.29 is 14.6 Å². The number of ether oxygens (including phenoxy) is 1. The van der Waals surface area contributed by atoms with E-state index >= 15 is 0 Å². The minimum atomic E-state index is -0.273. The first-order chi connectivity index (χ1) is 12.1. The number of nitrogens with zero attached hydrogens (tertiary/aromatic N) is 1. The SMILES string of the molecule is CC(=NNC(=O)c1ccc(OC2CCCC2)cc1)c1ccc(O)cc1. The third kappa shape index (κ3) is 4.59. The second-order valence-electron chi connectivity index (χ2n) is 6.23. The van der Waals surface area contributed by atoms with Crippen molar-refractivity contribution in [2.45, 2.75) is 38.7 Å². The fraction of sp³-hybridized carbons (Fsp3) is 0.300. The van der Waals surface area contributed by atoms with E-state index < -0.39 is 0 Å². The van der Waals surface area contributed by atoms with Crippen LogP contribution in [0.25, 0.3) is 0 Å². The number of rotatable bonds is 5. The highest BCUT2D eigenvalue weighted by Crippen LogP contribution is 2.24. The Hall–Kier alpha value is -2.82. The van der Waals surface area contributed by atoms with E-state index in [4.69, 9.17) is 4.74 Å². The molecule has 25 heavy (non-hydrogen) atoms. The topological polar surface area (TPSA) is 70.9 Å². The van der Waals surface area contributed by atoms with Crippen molar-refractivity contribution in [2.24, 2.45) is 5.10 Å². The number of hydrogen-bond acceptors (Lipinski definition) is 4. The number of benzene rings is 2. The average molecular weight is 338 g/mol. The molecule has 1 amide bonds. The van der Waals surface area contributed by atoms with Crippen LogP contribution in [0.4, 0.5) is 0 Å². The summed E-state index contributed by atoms with van der Waals surface area (Å²) in [4.78, 5) is 12.2. The zero-order valence-electron chi connectivity index (χ0n) is 14.2. The summed E-state index contributed by atoms with van der Waals surface area (Å²) in [6.45, 7) is 1.80. The quantitative estimate of drug-likeness (QED) is 0.642. The van der Waals surface area contributed by atoms with Crippen LogP contribution >= 0.6 is 0 Å². The molecule has 0 atom stereocenters. The molecule has 5 nitrogen and oxygen atoms in total. The molecule has 1 fully saturated rings. The van der Waals surface area contributed by atoms with Gasteiger partial charge in [-0.25, -0.2) is 5.43 Å². The summed E-state index contributed by atoms with van der Waals surface area (Å²) in [5.41, 5.74) is 4.57. The van der Waals surface area contributed by atoms with Gasteiger partial charge in [0.1, 0.15) is 11.5 Å². The molecular weight excluding hydrogens is 316 g/mol. The Labute approximate surface area is 147 Å². The van der Waals surface area contributed by atoms with Gasteiger partial charge in [0.15, 0.2) is 0 Å². The molecule has 0 radical (unpaired) electrons. The minimum absolute atomic E-state index is 0.195. The van der Waals surface area contributed by atoms with Crippen molar-refractivity contribution in [1.29, 1.82) is 0 Å². The summed E-state index contributed by atoms with van der Waals surface area (Å²) in [5, 5.41) is 13.4. The fourth-order valence-electron chi connectivity index (χ4n) is 2.85. The van der Waals surface area contributed by atoms with Gasteiger partial charge in [-0.1, -0.05) is 0 Å². The van der Waals surface area contributed by atoms with Crippen LogP contribution in [-0.4, -0.2) is 22.8 Å². The number of hydrazone groups is 1. The van der Waals surface area contributed by atoms with Gasteiger partial charge in [-0.2, -0.15) is 5.10 Å². The Morgan fingerprint density at radius 1 is 1.04 bits per heavy atom. The van der Waals surface area contributed by atoms with Gasteiger partial charge >= 0.3 is 0 Å². The number of carbonyl (C=O) groups is 1. The molecule has 0 bridgehead atoms. The maximum absolute atomic E-state index is 12.2. The third-order valence-electron chi connectivity index (χ3n) is 4.33. The van der Waals surface area contributed by atoms with Gasteiger partial charge < -0.3 is 9.84 Å². The van der Waals surface area contributed by atoms with E-state index in [1.54, 1.807) is 43.3 Å². The first-order valence-electron chi connectivity index (χ1n) is 8.52. The summed E-state index contributed by atoms with van der Waals surface area (Å²) < 4.78 is 5.90. The van der Waals surface area contributed by atoms with E-state index in [2.05, 4.69) is 10.5 Å². The Morgan fingerprint density at radius 2 is 1.64 bits per heavy atom. The van der Waals surface area contributed by atoms with Gasteiger partial charge in [0.05, 0.1) is 11.8 Å². The largest absolute Gasteiger partial charge is 0.508 e. The monoisotopic (exact) mass is 338 g/mol. The maximum Gasteiger partial charge on any atom is 0.271 e. The highest BCUT2D eigenvalue weighted by atomic mass is 16.5. The number of hydrogen-bond donors (Lipinski definition) is 2. The van der Waals surface area contributed by atoms with Crippen LogP contribution in [-0.2, 0) is 0 Å². The smallest absolute Gasteiger partial charge is 0.271 e. The number of phenolic OH excluding ortho intramolecular Hbond substituents is 1. The lowest BCUT2D eigenvalue weighted by molar-refractivity contribution is 0.0954. The van der Waals surface area contributed by atoms with Crippen LogP contribution in [0.5, 0.6) is 11.5 Å². The number of nitrogens with one attached hydrogen (secondary N) is 1. The van der Waals surface area contributed by atoms with Crippen LogP contribution in [0.2, 0.25) is 0 Å². The van der Waals surface area contributed by atoms with Crippen LogP contribution in [0, 0.1) is 0 Å². The minimum Gasteiger partial charge on any atom is -0.508 e. The molecule has 1 aliphatic rings. The molecule has 5 heteroatoms. The highest BCUT2D eigenvalue weighted by Gasteiger charge is 2.16. The van der Waals surface area contributed by atoms with Gasteiger partial charge in [0.25, 0.3) is 5.91 Å². The number of amides is 1. The van der Waals surface area contributed by atoms with E-state index in [0.29, 0.717) is 17.4 Å². The standard InChI is InChI=1S/C20H22N2O3/c1-14(15-6-10-17(23)11-7-15)21-22-20(24)16-8-12-19(13-9-16)25-18-4-2-3-5-18/h6-13,18,23H,2-5H2,1H3,(H,22,24). The number of aromatic hydroxyl groups is 1. The third-order valence-corrected chi connectivity index (χ3v) is 4.33. The Morgan fingerprint density at radius 3 is 2.28 bits per heavy atom.